The van der Waals surface area contributed by atoms with E-state index in [0.29, 0.717) is 12.1 Å². The predicted molar refractivity (Wildman–Crippen MR) is 150 cm³/mol. The van der Waals surface area contributed by atoms with Gasteiger partial charge in [0.15, 0.2) is 0 Å². The maximum absolute atomic E-state index is 12.3. The van der Waals surface area contributed by atoms with Crippen molar-refractivity contribution in [1.29, 1.82) is 0 Å². The number of amides is 1. The van der Waals surface area contributed by atoms with Crippen molar-refractivity contribution in [2.75, 3.05) is 6.54 Å². The molecule has 0 fully saturated rings. The highest BCUT2D eigenvalue weighted by Gasteiger charge is 2.11. The molecule has 0 bridgehead atoms. The molecule has 0 saturated heterocycles. The lowest BCUT2D eigenvalue weighted by Crippen LogP contribution is -2.26. The molecule has 0 aliphatic rings. The molecule has 5 nitrogen and oxygen atoms in total. The number of aromatic nitrogens is 3. The SMILES string of the molecule is CCCCCCCCCCCCCCCCn1c(CCNC(=O)c2cccnc2)nc2ccccc21. The Balaban J connectivity index is 1.32. The van der Waals surface area contributed by atoms with Crippen LogP contribution in [0.2, 0.25) is 0 Å². The van der Waals surface area contributed by atoms with Crippen LogP contribution in [0.25, 0.3) is 11.0 Å². The van der Waals surface area contributed by atoms with E-state index in [9.17, 15) is 4.79 Å². The molecule has 0 spiro atoms. The van der Waals surface area contributed by atoms with Crippen LogP contribution in [-0.2, 0) is 13.0 Å². The molecule has 36 heavy (non-hydrogen) atoms. The van der Waals surface area contributed by atoms with Crippen molar-refractivity contribution in [2.45, 2.75) is 110 Å². The smallest absolute Gasteiger partial charge is 0.252 e. The number of pyridine rings is 1. The number of benzene rings is 1. The molecule has 0 aliphatic carbocycles. The van der Waals surface area contributed by atoms with E-state index in [2.05, 4.69) is 40.0 Å². The summed E-state index contributed by atoms with van der Waals surface area (Å²) in [6.07, 6.45) is 23.2. The highest BCUT2D eigenvalue weighted by Crippen LogP contribution is 2.18. The summed E-state index contributed by atoms with van der Waals surface area (Å²) in [4.78, 5) is 21.2. The fourth-order valence-electron chi connectivity index (χ4n) is 4.92. The lowest BCUT2D eigenvalue weighted by atomic mass is 10.0. The summed E-state index contributed by atoms with van der Waals surface area (Å²) in [5, 5.41) is 3.01. The van der Waals surface area contributed by atoms with Gasteiger partial charge < -0.3 is 9.88 Å². The van der Waals surface area contributed by atoms with Crippen LogP contribution >= 0.6 is 0 Å². The minimum Gasteiger partial charge on any atom is -0.352 e. The quantitative estimate of drug-likeness (QED) is 0.174. The second-order valence-electron chi connectivity index (χ2n) is 10.0. The zero-order chi connectivity index (χ0) is 25.3. The summed E-state index contributed by atoms with van der Waals surface area (Å²) in [5.74, 6) is 0.968. The molecule has 0 saturated carbocycles. The number of carbonyl (C=O) groups excluding carboxylic acids is 1. The van der Waals surface area contributed by atoms with Crippen molar-refractivity contribution in [1.82, 2.24) is 19.9 Å². The van der Waals surface area contributed by atoms with Gasteiger partial charge in [0.2, 0.25) is 0 Å². The van der Waals surface area contributed by atoms with E-state index in [-0.39, 0.29) is 5.91 Å². The number of imidazole rings is 1. The molecule has 3 aromatic rings. The minimum atomic E-state index is -0.0854. The Hall–Kier alpha value is -2.69. The first kappa shape index (κ1) is 27.9. The van der Waals surface area contributed by atoms with Gasteiger partial charge in [-0.15, -0.1) is 0 Å². The van der Waals surface area contributed by atoms with Crippen LogP contribution < -0.4 is 5.32 Å². The predicted octanol–water partition coefficient (Wildman–Crippen LogP) is 7.89. The molecule has 1 N–H and O–H groups in total. The van der Waals surface area contributed by atoms with Gasteiger partial charge in [-0.25, -0.2) is 4.98 Å². The van der Waals surface area contributed by atoms with Crippen LogP contribution in [-0.4, -0.2) is 27.0 Å². The fraction of sp³-hybridized carbons (Fsp3) is 0.581. The Morgan fingerprint density at radius 1 is 0.806 bits per heavy atom. The molecule has 2 heterocycles. The lowest BCUT2D eigenvalue weighted by Gasteiger charge is -2.10. The van der Waals surface area contributed by atoms with Crippen LogP contribution in [0.1, 0.15) is 113 Å². The van der Waals surface area contributed by atoms with E-state index < -0.39 is 0 Å². The van der Waals surface area contributed by atoms with E-state index in [0.717, 1.165) is 24.3 Å². The number of fused-ring (bicyclic) bond motifs is 1. The molecule has 5 heteroatoms. The first-order chi connectivity index (χ1) is 17.8. The van der Waals surface area contributed by atoms with Crippen LogP contribution in [0.3, 0.4) is 0 Å². The molecule has 0 atom stereocenters. The van der Waals surface area contributed by atoms with Gasteiger partial charge >= 0.3 is 0 Å². The van der Waals surface area contributed by atoms with Crippen molar-refractivity contribution in [3.63, 3.8) is 0 Å². The highest BCUT2D eigenvalue weighted by molar-refractivity contribution is 5.93. The standard InChI is InChI=1S/C31H46N4O/c1-2-3-4-5-6-7-8-9-10-11-12-13-14-17-25-35-29-21-16-15-20-28(29)34-30(35)22-24-33-31(36)27-19-18-23-32-26-27/h15-16,18-21,23,26H,2-14,17,22,24-25H2,1H3,(H,33,36). The van der Waals surface area contributed by atoms with Gasteiger partial charge in [-0.2, -0.15) is 0 Å². The van der Waals surface area contributed by atoms with E-state index in [1.165, 1.54) is 95.4 Å². The van der Waals surface area contributed by atoms with Crippen LogP contribution in [0, 0.1) is 0 Å². The fourth-order valence-corrected chi connectivity index (χ4v) is 4.92. The van der Waals surface area contributed by atoms with E-state index >= 15 is 0 Å². The monoisotopic (exact) mass is 490 g/mol. The normalized spacial score (nSPS) is 11.2. The molecule has 0 radical (unpaired) electrons. The number of para-hydroxylation sites is 2. The number of nitrogens with one attached hydrogen (secondary N) is 1. The third-order valence-electron chi connectivity index (χ3n) is 7.03. The van der Waals surface area contributed by atoms with E-state index in [1.807, 2.05) is 6.07 Å². The van der Waals surface area contributed by atoms with Gasteiger partial charge in [0.1, 0.15) is 5.82 Å². The molecule has 3 rings (SSSR count). The Labute approximate surface area is 218 Å². The molecule has 1 amide bonds. The van der Waals surface area contributed by atoms with Crippen LogP contribution in [0.4, 0.5) is 0 Å². The van der Waals surface area contributed by atoms with Crippen LogP contribution in [0.15, 0.2) is 48.8 Å². The highest BCUT2D eigenvalue weighted by atomic mass is 16.1. The third kappa shape index (κ3) is 9.75. The summed E-state index contributed by atoms with van der Waals surface area (Å²) in [7, 11) is 0. The lowest BCUT2D eigenvalue weighted by molar-refractivity contribution is 0.0953. The number of carbonyl (C=O) groups is 1. The Bertz CT molecular complexity index is 998. The molecule has 0 aliphatic heterocycles. The van der Waals surface area contributed by atoms with Gasteiger partial charge in [0.25, 0.3) is 5.91 Å². The number of hydrogen-bond donors (Lipinski definition) is 1. The van der Waals surface area contributed by atoms with Gasteiger partial charge in [-0.3, -0.25) is 9.78 Å². The Morgan fingerprint density at radius 2 is 1.44 bits per heavy atom. The number of unbranched alkanes of at least 4 members (excludes halogenated alkanes) is 13. The van der Waals surface area contributed by atoms with Crippen molar-refractivity contribution in [3.05, 3.63) is 60.2 Å². The van der Waals surface area contributed by atoms with Gasteiger partial charge in [-0.05, 0) is 30.7 Å². The second kappa shape index (κ2) is 16.9. The molecule has 1 aromatic carbocycles. The molecular weight excluding hydrogens is 444 g/mol. The zero-order valence-electron chi connectivity index (χ0n) is 22.4. The average Bonchev–Trinajstić information content (AvgIpc) is 3.26. The molecule has 0 unspecified atom stereocenters. The topological polar surface area (TPSA) is 59.8 Å². The van der Waals surface area contributed by atoms with Crippen molar-refractivity contribution < 1.29 is 4.79 Å². The second-order valence-corrected chi connectivity index (χ2v) is 10.0. The summed E-state index contributed by atoms with van der Waals surface area (Å²) in [6, 6.07) is 11.9. The van der Waals surface area contributed by atoms with Crippen molar-refractivity contribution >= 4 is 16.9 Å². The summed E-state index contributed by atoms with van der Waals surface area (Å²) in [6.45, 7) is 3.84. The molecule has 196 valence electrons. The molecular formula is C31H46N4O. The number of hydrogen-bond acceptors (Lipinski definition) is 3. The summed E-state index contributed by atoms with van der Waals surface area (Å²) in [5.41, 5.74) is 2.82. The summed E-state index contributed by atoms with van der Waals surface area (Å²) >= 11 is 0. The van der Waals surface area contributed by atoms with Crippen LogP contribution in [0.5, 0.6) is 0 Å². The number of aryl methyl sites for hydroxylation is 1. The Kier molecular flexibility index (Phi) is 13.1. The van der Waals surface area contributed by atoms with E-state index in [4.69, 9.17) is 4.98 Å². The molecule has 2 aromatic heterocycles. The van der Waals surface area contributed by atoms with Gasteiger partial charge in [0, 0.05) is 31.9 Å². The number of nitrogens with zero attached hydrogens (tertiary/aromatic N) is 3. The third-order valence-corrected chi connectivity index (χ3v) is 7.03. The van der Waals surface area contributed by atoms with Crippen molar-refractivity contribution in [2.24, 2.45) is 0 Å². The summed E-state index contributed by atoms with van der Waals surface area (Å²) < 4.78 is 2.35. The number of rotatable bonds is 19. The maximum Gasteiger partial charge on any atom is 0.252 e. The first-order valence-corrected chi connectivity index (χ1v) is 14.4. The minimum absolute atomic E-state index is 0.0854. The Morgan fingerprint density at radius 3 is 2.08 bits per heavy atom. The van der Waals surface area contributed by atoms with Crippen molar-refractivity contribution in [3.8, 4) is 0 Å². The average molecular weight is 491 g/mol. The van der Waals surface area contributed by atoms with Gasteiger partial charge in [-0.1, -0.05) is 103 Å². The largest absolute Gasteiger partial charge is 0.352 e. The van der Waals surface area contributed by atoms with E-state index in [1.54, 1.807) is 24.5 Å². The zero-order valence-corrected chi connectivity index (χ0v) is 22.4. The van der Waals surface area contributed by atoms with Gasteiger partial charge in [0.05, 0.1) is 16.6 Å². The maximum atomic E-state index is 12.3. The first-order valence-electron chi connectivity index (χ1n) is 14.4.